The molecule has 3 nitrogen and oxygen atoms in total. The maximum Gasteiger partial charge on any atom is 0.307 e. The summed E-state index contributed by atoms with van der Waals surface area (Å²) in [5, 5.41) is 0.813. The third-order valence-electron chi connectivity index (χ3n) is 2.69. The van der Waals surface area contributed by atoms with Crippen LogP contribution in [0.2, 0.25) is 10.0 Å². The predicted octanol–water partition coefficient (Wildman–Crippen LogP) is 5.37. The molecule has 2 rings (SSSR count). The fraction of sp³-hybridized carbons (Fsp3) is 0.267. The molecule has 1 aromatic heterocycles. The summed E-state index contributed by atoms with van der Waals surface area (Å²) >= 11 is 13.4. The molecule has 2 aromatic rings. The molecule has 21 heavy (non-hydrogen) atoms. The van der Waals surface area contributed by atoms with E-state index >= 15 is 0 Å². The Hall–Kier alpha value is -1.10. The molecule has 0 aliphatic heterocycles. The van der Waals surface area contributed by atoms with E-state index in [4.69, 9.17) is 32.4 Å². The third-order valence-corrected chi connectivity index (χ3v) is 4.64. The second-order valence-electron chi connectivity index (χ2n) is 4.21. The molecule has 1 aromatic carbocycles. The quantitative estimate of drug-likeness (QED) is 0.521. The maximum absolute atomic E-state index is 11.7. The zero-order valence-electron chi connectivity index (χ0n) is 11.3. The molecule has 0 fully saturated rings. The average Bonchev–Trinajstić information content (AvgIpc) is 2.96. The Labute approximate surface area is 137 Å². The molecular weight excluding hydrogens is 331 g/mol. The number of hydrogen-bond donors (Lipinski definition) is 0. The van der Waals surface area contributed by atoms with Crippen LogP contribution in [0, 0.1) is 0 Å². The van der Waals surface area contributed by atoms with Crippen LogP contribution in [-0.4, -0.2) is 12.6 Å². The first-order valence-corrected chi connectivity index (χ1v) is 8.04. The smallest absolute Gasteiger partial charge is 0.307 e. The van der Waals surface area contributed by atoms with E-state index in [-0.39, 0.29) is 17.6 Å². The number of esters is 1. The maximum atomic E-state index is 11.7. The number of furan rings is 1. The lowest BCUT2D eigenvalue weighted by atomic mass is 10.2. The summed E-state index contributed by atoms with van der Waals surface area (Å²) in [6, 6.07) is 9.00. The van der Waals surface area contributed by atoms with Crippen molar-refractivity contribution in [1.82, 2.24) is 0 Å². The molecule has 0 saturated carbocycles. The van der Waals surface area contributed by atoms with Gasteiger partial charge in [-0.05, 0) is 37.3 Å². The van der Waals surface area contributed by atoms with Crippen molar-refractivity contribution in [3.05, 3.63) is 52.4 Å². The lowest BCUT2D eigenvalue weighted by Gasteiger charge is -2.14. The van der Waals surface area contributed by atoms with Crippen molar-refractivity contribution in [1.29, 1.82) is 0 Å². The van der Waals surface area contributed by atoms with E-state index < -0.39 is 0 Å². The Kier molecular flexibility index (Phi) is 6.03. The average molecular weight is 345 g/mol. The van der Waals surface area contributed by atoms with Gasteiger partial charge in [0.2, 0.25) is 0 Å². The number of carbonyl (C=O) groups is 1. The lowest BCUT2D eigenvalue weighted by Crippen LogP contribution is -2.08. The van der Waals surface area contributed by atoms with Crippen LogP contribution in [0.15, 0.2) is 45.9 Å². The van der Waals surface area contributed by atoms with E-state index in [0.717, 1.165) is 10.7 Å². The molecule has 1 heterocycles. The number of hydrogen-bond acceptors (Lipinski definition) is 4. The number of ether oxygens (including phenoxy) is 1. The minimum atomic E-state index is -0.258. The molecule has 0 aliphatic rings. The summed E-state index contributed by atoms with van der Waals surface area (Å²) in [5.41, 5.74) is 0. The minimum absolute atomic E-state index is 0.170. The molecule has 0 amide bonds. The first kappa shape index (κ1) is 16.3. The fourth-order valence-corrected chi connectivity index (χ4v) is 3.25. The van der Waals surface area contributed by atoms with Gasteiger partial charge in [0.25, 0.3) is 0 Å². The highest BCUT2D eigenvalue weighted by Crippen LogP contribution is 2.40. The number of carbonyl (C=O) groups excluding carboxylic acids is 1. The van der Waals surface area contributed by atoms with Gasteiger partial charge in [0, 0.05) is 4.90 Å². The lowest BCUT2D eigenvalue weighted by molar-refractivity contribution is -0.143. The molecule has 0 spiro atoms. The van der Waals surface area contributed by atoms with Crippen LogP contribution in [0.25, 0.3) is 0 Å². The Morgan fingerprint density at radius 1 is 1.33 bits per heavy atom. The normalized spacial score (nSPS) is 12.1. The molecule has 0 saturated heterocycles. The first-order chi connectivity index (χ1) is 10.1. The molecule has 0 radical (unpaired) electrons. The highest BCUT2D eigenvalue weighted by Gasteiger charge is 2.21. The second-order valence-corrected chi connectivity index (χ2v) is 6.30. The Morgan fingerprint density at radius 2 is 2.14 bits per heavy atom. The molecule has 112 valence electrons. The van der Waals surface area contributed by atoms with E-state index in [2.05, 4.69) is 0 Å². The summed E-state index contributed by atoms with van der Waals surface area (Å²) in [7, 11) is 0. The van der Waals surface area contributed by atoms with Crippen LogP contribution < -0.4 is 0 Å². The predicted molar refractivity (Wildman–Crippen MR) is 85.0 cm³/mol. The minimum Gasteiger partial charge on any atom is -0.468 e. The monoisotopic (exact) mass is 344 g/mol. The van der Waals surface area contributed by atoms with Gasteiger partial charge in [0.05, 0.1) is 34.6 Å². The summed E-state index contributed by atoms with van der Waals surface area (Å²) in [5.74, 6) is 0.464. The van der Waals surface area contributed by atoms with E-state index in [0.29, 0.717) is 16.7 Å². The number of thioether (sulfide) groups is 1. The van der Waals surface area contributed by atoms with Gasteiger partial charge >= 0.3 is 5.97 Å². The number of benzene rings is 1. The largest absolute Gasteiger partial charge is 0.468 e. The van der Waals surface area contributed by atoms with Gasteiger partial charge < -0.3 is 9.15 Å². The van der Waals surface area contributed by atoms with Gasteiger partial charge in [-0.2, -0.15) is 0 Å². The van der Waals surface area contributed by atoms with Crippen molar-refractivity contribution in [2.45, 2.75) is 23.5 Å². The van der Waals surface area contributed by atoms with Crippen LogP contribution >= 0.6 is 35.0 Å². The highest BCUT2D eigenvalue weighted by molar-refractivity contribution is 7.99. The van der Waals surface area contributed by atoms with Crippen molar-refractivity contribution in [3.8, 4) is 0 Å². The summed E-state index contributed by atoms with van der Waals surface area (Å²) < 4.78 is 10.4. The molecule has 1 unspecified atom stereocenters. The van der Waals surface area contributed by atoms with Crippen LogP contribution in [-0.2, 0) is 9.53 Å². The topological polar surface area (TPSA) is 39.4 Å². The van der Waals surface area contributed by atoms with Gasteiger partial charge in [0.1, 0.15) is 5.76 Å². The standard InChI is InChI=1S/C15H14Cl2O3S/c1-2-19-15(18)9-14(13-4-3-7-20-13)21-10-5-6-11(16)12(17)8-10/h3-8,14H,2,9H2,1H3. The molecular formula is C15H14Cl2O3S. The van der Waals surface area contributed by atoms with Crippen molar-refractivity contribution < 1.29 is 13.9 Å². The number of rotatable bonds is 6. The first-order valence-electron chi connectivity index (χ1n) is 6.41. The highest BCUT2D eigenvalue weighted by atomic mass is 35.5. The molecule has 0 bridgehead atoms. The van der Waals surface area contributed by atoms with Crippen molar-refractivity contribution in [3.63, 3.8) is 0 Å². The Bertz CT molecular complexity index is 599. The fourth-order valence-electron chi connectivity index (χ4n) is 1.76. The second kappa shape index (κ2) is 7.78. The van der Waals surface area contributed by atoms with Gasteiger partial charge in [0.15, 0.2) is 0 Å². The van der Waals surface area contributed by atoms with E-state index in [1.54, 1.807) is 31.4 Å². The Morgan fingerprint density at radius 3 is 2.76 bits per heavy atom. The van der Waals surface area contributed by atoms with Crippen LogP contribution in [0.3, 0.4) is 0 Å². The zero-order valence-corrected chi connectivity index (χ0v) is 13.7. The van der Waals surface area contributed by atoms with Gasteiger partial charge in [-0.15, -0.1) is 11.8 Å². The molecule has 6 heteroatoms. The molecule has 0 aliphatic carbocycles. The summed E-state index contributed by atoms with van der Waals surface area (Å²) in [6.07, 6.45) is 1.81. The van der Waals surface area contributed by atoms with Gasteiger partial charge in [-0.1, -0.05) is 23.2 Å². The van der Waals surface area contributed by atoms with Crippen molar-refractivity contribution in [2.75, 3.05) is 6.61 Å². The Balaban J connectivity index is 2.15. The van der Waals surface area contributed by atoms with Crippen molar-refractivity contribution >= 4 is 40.9 Å². The van der Waals surface area contributed by atoms with Crippen LogP contribution in [0.4, 0.5) is 0 Å². The van der Waals surface area contributed by atoms with Crippen LogP contribution in [0.1, 0.15) is 24.4 Å². The van der Waals surface area contributed by atoms with E-state index in [1.807, 2.05) is 12.1 Å². The summed E-state index contributed by atoms with van der Waals surface area (Å²) in [6.45, 7) is 2.15. The van der Waals surface area contributed by atoms with E-state index in [1.165, 1.54) is 11.8 Å². The SMILES string of the molecule is CCOC(=O)CC(Sc1ccc(Cl)c(Cl)c1)c1ccco1. The third kappa shape index (κ3) is 4.70. The number of halogens is 2. The van der Waals surface area contributed by atoms with Gasteiger partial charge in [-0.25, -0.2) is 0 Å². The molecule has 0 N–H and O–H groups in total. The van der Waals surface area contributed by atoms with Crippen molar-refractivity contribution in [2.24, 2.45) is 0 Å². The van der Waals surface area contributed by atoms with E-state index in [9.17, 15) is 4.79 Å². The van der Waals surface area contributed by atoms with Gasteiger partial charge in [-0.3, -0.25) is 4.79 Å². The van der Waals surface area contributed by atoms with Crippen LogP contribution in [0.5, 0.6) is 0 Å². The zero-order chi connectivity index (χ0) is 15.2. The summed E-state index contributed by atoms with van der Waals surface area (Å²) in [4.78, 5) is 12.6. The molecule has 1 atom stereocenters.